The highest BCUT2D eigenvalue weighted by Crippen LogP contribution is 2.30. The number of thioether (sulfide) groups is 1. The molecule has 0 atom stereocenters. The van der Waals surface area contributed by atoms with Gasteiger partial charge in [-0.2, -0.15) is 0 Å². The fourth-order valence-electron chi connectivity index (χ4n) is 5.24. The molecule has 1 aliphatic heterocycles. The molecule has 1 saturated heterocycles. The minimum absolute atomic E-state index is 0.116. The third kappa shape index (κ3) is 6.05. The number of amides is 1. The molecule has 9 nitrogen and oxygen atoms in total. The molecule has 3 heterocycles. The van der Waals surface area contributed by atoms with Gasteiger partial charge in [0.05, 0.1) is 24.5 Å². The average molecular weight is 578 g/mol. The van der Waals surface area contributed by atoms with E-state index in [0.717, 1.165) is 24.5 Å². The van der Waals surface area contributed by atoms with Crippen LogP contribution in [0.3, 0.4) is 0 Å². The number of aromatic nitrogens is 5. The summed E-state index contributed by atoms with van der Waals surface area (Å²) in [6.45, 7) is 2.68. The lowest BCUT2D eigenvalue weighted by Gasteiger charge is -2.39. The summed E-state index contributed by atoms with van der Waals surface area (Å²) < 4.78 is 7.04. The molecule has 3 aromatic carbocycles. The van der Waals surface area contributed by atoms with E-state index in [1.165, 1.54) is 22.9 Å². The third-order valence-electron chi connectivity index (χ3n) is 7.36. The quantitative estimate of drug-likeness (QED) is 0.181. The molecule has 1 aliphatic rings. The summed E-state index contributed by atoms with van der Waals surface area (Å²) in [5, 5.41) is 9.43. The zero-order valence-electron chi connectivity index (χ0n) is 23.3. The Morgan fingerprint density at radius 2 is 1.45 bits per heavy atom. The van der Waals surface area contributed by atoms with Gasteiger partial charge in [-0.15, -0.1) is 5.10 Å². The molecule has 2 aromatic heterocycles. The predicted octanol–water partition coefficient (Wildman–Crippen LogP) is 4.91. The van der Waals surface area contributed by atoms with Crippen molar-refractivity contribution in [1.29, 1.82) is 0 Å². The van der Waals surface area contributed by atoms with Crippen LogP contribution in [0, 0.1) is 0 Å². The lowest BCUT2D eigenvalue weighted by Crippen LogP contribution is -2.50. The molecule has 0 N–H and O–H groups in total. The van der Waals surface area contributed by atoms with Crippen molar-refractivity contribution in [1.82, 2.24) is 34.8 Å². The molecule has 212 valence electrons. The van der Waals surface area contributed by atoms with Gasteiger partial charge >= 0.3 is 0 Å². The summed E-state index contributed by atoms with van der Waals surface area (Å²) in [6.07, 6.45) is 3.41. The van der Waals surface area contributed by atoms with E-state index >= 15 is 0 Å². The van der Waals surface area contributed by atoms with Crippen molar-refractivity contribution in [2.75, 3.05) is 33.3 Å². The van der Waals surface area contributed by atoms with E-state index in [9.17, 15) is 4.79 Å². The molecule has 0 aliphatic carbocycles. The number of carbonyl (C=O) groups excluding carboxylic acids is 1. The summed E-state index contributed by atoms with van der Waals surface area (Å²) in [5.41, 5.74) is 4.34. The average Bonchev–Trinajstić information content (AvgIpc) is 3.49. The summed E-state index contributed by atoms with van der Waals surface area (Å²) in [7, 11) is 1.63. The van der Waals surface area contributed by atoms with E-state index in [1.54, 1.807) is 30.3 Å². The van der Waals surface area contributed by atoms with Gasteiger partial charge in [0.2, 0.25) is 0 Å². The Morgan fingerprint density at radius 3 is 2.05 bits per heavy atom. The molecule has 0 saturated carbocycles. The van der Waals surface area contributed by atoms with Gasteiger partial charge in [-0.3, -0.25) is 9.69 Å². The second kappa shape index (κ2) is 13.0. The number of benzene rings is 3. The first-order chi connectivity index (χ1) is 20.7. The summed E-state index contributed by atoms with van der Waals surface area (Å²) >= 11 is 1.45. The molecule has 42 heavy (non-hydrogen) atoms. The number of methoxy groups -OCH3 is 1. The Morgan fingerprint density at radius 1 is 0.833 bits per heavy atom. The SMILES string of the molecule is COc1ccc(-n2nnc(C(=O)N3CCN(C(c4ccccc4)c4ccccc4)CC3)c2CSc2ncccn2)cc1. The van der Waals surface area contributed by atoms with Crippen LogP contribution in [-0.4, -0.2) is 74.0 Å². The van der Waals surface area contributed by atoms with Crippen LogP contribution in [-0.2, 0) is 5.75 Å². The fraction of sp³-hybridized carbons (Fsp3) is 0.219. The highest BCUT2D eigenvalue weighted by Gasteiger charge is 2.31. The fourth-order valence-corrected chi connectivity index (χ4v) is 6.03. The molecular weight excluding hydrogens is 546 g/mol. The molecular formula is C32H31N7O2S. The minimum atomic E-state index is -0.116. The Bertz CT molecular complexity index is 1550. The molecule has 0 unspecified atom stereocenters. The first-order valence-corrected chi connectivity index (χ1v) is 14.8. The smallest absolute Gasteiger partial charge is 0.276 e. The van der Waals surface area contributed by atoms with Gasteiger partial charge in [-0.1, -0.05) is 77.6 Å². The van der Waals surface area contributed by atoms with E-state index in [1.807, 2.05) is 41.3 Å². The van der Waals surface area contributed by atoms with Gasteiger partial charge in [-0.25, -0.2) is 14.6 Å². The Labute approximate surface area is 249 Å². The third-order valence-corrected chi connectivity index (χ3v) is 8.25. The lowest BCUT2D eigenvalue weighted by molar-refractivity contribution is 0.0591. The predicted molar refractivity (Wildman–Crippen MR) is 162 cm³/mol. The van der Waals surface area contributed by atoms with Gasteiger partial charge in [0, 0.05) is 44.3 Å². The monoisotopic (exact) mass is 577 g/mol. The zero-order valence-corrected chi connectivity index (χ0v) is 24.1. The van der Waals surface area contributed by atoms with Crippen molar-refractivity contribution in [2.45, 2.75) is 17.0 Å². The summed E-state index contributed by atoms with van der Waals surface area (Å²) in [6, 6.07) is 30.5. The van der Waals surface area contributed by atoms with Crippen LogP contribution in [0.1, 0.15) is 33.4 Å². The van der Waals surface area contributed by atoms with Gasteiger partial charge in [0.25, 0.3) is 5.91 Å². The van der Waals surface area contributed by atoms with E-state index in [0.29, 0.717) is 35.4 Å². The summed E-state index contributed by atoms with van der Waals surface area (Å²) in [5.74, 6) is 1.06. The zero-order chi connectivity index (χ0) is 28.7. The largest absolute Gasteiger partial charge is 0.497 e. The maximum Gasteiger partial charge on any atom is 0.276 e. The maximum atomic E-state index is 13.9. The maximum absolute atomic E-state index is 13.9. The van der Waals surface area contributed by atoms with Crippen LogP contribution < -0.4 is 4.74 Å². The van der Waals surface area contributed by atoms with Gasteiger partial charge in [0.1, 0.15) is 5.75 Å². The van der Waals surface area contributed by atoms with Crippen LogP contribution in [0.2, 0.25) is 0 Å². The van der Waals surface area contributed by atoms with Crippen molar-refractivity contribution in [3.8, 4) is 11.4 Å². The molecule has 0 spiro atoms. The number of hydrogen-bond donors (Lipinski definition) is 0. The first-order valence-electron chi connectivity index (χ1n) is 13.8. The van der Waals surface area contributed by atoms with E-state index < -0.39 is 0 Å². The highest BCUT2D eigenvalue weighted by molar-refractivity contribution is 7.98. The minimum Gasteiger partial charge on any atom is -0.497 e. The van der Waals surface area contributed by atoms with E-state index in [4.69, 9.17) is 4.74 Å². The van der Waals surface area contributed by atoms with Crippen LogP contribution in [0.25, 0.3) is 5.69 Å². The van der Waals surface area contributed by atoms with Gasteiger partial charge in [0.15, 0.2) is 10.9 Å². The number of hydrogen-bond acceptors (Lipinski definition) is 8. The number of ether oxygens (including phenoxy) is 1. The summed E-state index contributed by atoms with van der Waals surface area (Å²) in [4.78, 5) is 26.9. The van der Waals surface area contributed by atoms with Gasteiger partial charge in [-0.05, 0) is 41.5 Å². The molecule has 1 amide bonds. The number of carbonyl (C=O) groups is 1. The number of rotatable bonds is 9. The van der Waals surface area contributed by atoms with Gasteiger partial charge < -0.3 is 9.64 Å². The van der Waals surface area contributed by atoms with Crippen molar-refractivity contribution in [3.05, 3.63) is 126 Å². The topological polar surface area (TPSA) is 89.3 Å². The van der Waals surface area contributed by atoms with Crippen molar-refractivity contribution in [2.24, 2.45) is 0 Å². The normalized spacial score (nSPS) is 13.8. The molecule has 6 rings (SSSR count). The Kier molecular flexibility index (Phi) is 8.53. The Balaban J connectivity index is 1.23. The highest BCUT2D eigenvalue weighted by atomic mass is 32.2. The number of piperazine rings is 1. The molecule has 10 heteroatoms. The first kappa shape index (κ1) is 27.6. The standard InChI is InChI=1S/C32H31N7O2S/c1-41-27-15-13-26(14-16-27)39-28(23-42-32-33-17-8-18-34-32)29(35-36-39)31(40)38-21-19-37(20-22-38)30(24-9-4-2-5-10-24)25-11-6-3-7-12-25/h2-18,30H,19-23H2,1H3. The second-order valence-electron chi connectivity index (χ2n) is 9.87. The van der Waals surface area contributed by atoms with Crippen LogP contribution >= 0.6 is 11.8 Å². The van der Waals surface area contributed by atoms with Crippen LogP contribution in [0.5, 0.6) is 5.75 Å². The van der Waals surface area contributed by atoms with Crippen LogP contribution in [0.15, 0.2) is 109 Å². The molecule has 5 aromatic rings. The van der Waals surface area contributed by atoms with E-state index in [-0.39, 0.29) is 11.9 Å². The molecule has 0 radical (unpaired) electrons. The second-order valence-corrected chi connectivity index (χ2v) is 10.8. The Hall–Kier alpha value is -4.54. The van der Waals surface area contributed by atoms with Crippen molar-refractivity contribution < 1.29 is 9.53 Å². The van der Waals surface area contributed by atoms with Crippen molar-refractivity contribution in [3.63, 3.8) is 0 Å². The van der Waals surface area contributed by atoms with E-state index in [2.05, 4.69) is 73.7 Å². The van der Waals surface area contributed by atoms with Crippen LogP contribution in [0.4, 0.5) is 0 Å². The molecule has 1 fully saturated rings. The van der Waals surface area contributed by atoms with Crippen molar-refractivity contribution >= 4 is 17.7 Å². The lowest BCUT2D eigenvalue weighted by atomic mass is 9.96. The number of nitrogens with zero attached hydrogens (tertiary/aromatic N) is 7. The molecule has 0 bridgehead atoms.